The van der Waals surface area contributed by atoms with E-state index in [1.807, 2.05) is 11.6 Å². The third-order valence-corrected chi connectivity index (χ3v) is 3.82. The van der Waals surface area contributed by atoms with E-state index in [-0.39, 0.29) is 0 Å². The van der Waals surface area contributed by atoms with Gasteiger partial charge in [-0.25, -0.2) is 4.98 Å². The molecule has 14 heavy (non-hydrogen) atoms. The van der Waals surface area contributed by atoms with Crippen LogP contribution >= 0.6 is 11.3 Å². The van der Waals surface area contributed by atoms with Crippen molar-refractivity contribution in [1.29, 1.82) is 0 Å². The number of rotatable bonds is 3. The number of nitrogens with zero attached hydrogens (tertiary/aromatic N) is 1. The Morgan fingerprint density at radius 1 is 1.43 bits per heavy atom. The lowest BCUT2D eigenvalue weighted by atomic mass is 9.87. The minimum absolute atomic E-state index is 0.732. The molecule has 1 aromatic rings. The van der Waals surface area contributed by atoms with Crippen LogP contribution in [-0.4, -0.2) is 11.0 Å². The molecule has 0 atom stereocenters. The Kier molecular flexibility index (Phi) is 3.54. The highest BCUT2D eigenvalue weighted by Crippen LogP contribution is 2.23. The van der Waals surface area contributed by atoms with Crippen LogP contribution in [-0.2, 0) is 6.54 Å². The molecule has 1 aromatic heterocycles. The van der Waals surface area contributed by atoms with Crippen LogP contribution in [0.4, 0.5) is 0 Å². The second kappa shape index (κ2) is 4.89. The molecule has 0 unspecified atom stereocenters. The summed E-state index contributed by atoms with van der Waals surface area (Å²) in [6.07, 6.45) is 7.33. The van der Waals surface area contributed by atoms with Crippen molar-refractivity contribution >= 4 is 11.3 Å². The first-order chi connectivity index (χ1) is 6.84. The molecule has 0 saturated heterocycles. The van der Waals surface area contributed by atoms with Crippen LogP contribution < -0.4 is 5.32 Å². The first-order valence-corrected chi connectivity index (χ1v) is 6.34. The van der Waals surface area contributed by atoms with Gasteiger partial charge in [-0.15, -0.1) is 11.3 Å². The maximum atomic E-state index is 4.27. The Balaban J connectivity index is 1.71. The Hall–Kier alpha value is -0.410. The van der Waals surface area contributed by atoms with E-state index in [2.05, 4.69) is 17.2 Å². The maximum Gasteiger partial charge on any atom is 0.106 e. The van der Waals surface area contributed by atoms with E-state index in [0.29, 0.717) is 0 Å². The lowest BCUT2D eigenvalue weighted by Crippen LogP contribution is -2.32. The lowest BCUT2D eigenvalue weighted by Gasteiger charge is -2.26. The Bertz CT molecular complexity index is 250. The molecular weight excluding hydrogens is 192 g/mol. The Morgan fingerprint density at radius 3 is 2.86 bits per heavy atom. The molecule has 1 fully saturated rings. The zero-order valence-electron chi connectivity index (χ0n) is 8.70. The molecule has 0 bridgehead atoms. The standard InChI is InChI=1S/C11H18N2S/c1-9-2-4-10(5-3-9)13-8-11-12-6-7-14-11/h6-7,9-10,13H,2-5,8H2,1H3. The quantitative estimate of drug-likeness (QED) is 0.830. The number of hydrogen-bond donors (Lipinski definition) is 1. The lowest BCUT2D eigenvalue weighted by molar-refractivity contribution is 0.306. The third kappa shape index (κ3) is 2.79. The van der Waals surface area contributed by atoms with Crippen molar-refractivity contribution in [2.24, 2.45) is 5.92 Å². The van der Waals surface area contributed by atoms with Crippen molar-refractivity contribution in [1.82, 2.24) is 10.3 Å². The van der Waals surface area contributed by atoms with E-state index in [1.54, 1.807) is 11.3 Å². The highest BCUT2D eigenvalue weighted by atomic mass is 32.1. The largest absolute Gasteiger partial charge is 0.308 e. The van der Waals surface area contributed by atoms with Crippen molar-refractivity contribution in [3.8, 4) is 0 Å². The van der Waals surface area contributed by atoms with Gasteiger partial charge in [-0.1, -0.05) is 6.92 Å². The summed E-state index contributed by atoms with van der Waals surface area (Å²) in [5, 5.41) is 6.85. The van der Waals surface area contributed by atoms with Gasteiger partial charge < -0.3 is 5.32 Å². The summed E-state index contributed by atoms with van der Waals surface area (Å²) in [6.45, 7) is 3.31. The van der Waals surface area contributed by atoms with E-state index >= 15 is 0 Å². The number of thiazole rings is 1. The highest BCUT2D eigenvalue weighted by molar-refractivity contribution is 7.09. The summed E-state index contributed by atoms with van der Waals surface area (Å²) >= 11 is 1.74. The summed E-state index contributed by atoms with van der Waals surface area (Å²) < 4.78 is 0. The van der Waals surface area contributed by atoms with Gasteiger partial charge in [0, 0.05) is 24.2 Å². The fourth-order valence-corrected chi connectivity index (χ4v) is 2.60. The normalized spacial score (nSPS) is 27.8. The van der Waals surface area contributed by atoms with Gasteiger partial charge in [0.2, 0.25) is 0 Å². The van der Waals surface area contributed by atoms with Crippen LogP contribution in [0.25, 0.3) is 0 Å². The smallest absolute Gasteiger partial charge is 0.106 e. The molecule has 1 heterocycles. The van der Waals surface area contributed by atoms with Crippen molar-refractivity contribution < 1.29 is 0 Å². The molecular formula is C11H18N2S. The van der Waals surface area contributed by atoms with Gasteiger partial charge in [-0.3, -0.25) is 0 Å². The van der Waals surface area contributed by atoms with E-state index < -0.39 is 0 Å². The van der Waals surface area contributed by atoms with Crippen LogP contribution in [0.1, 0.15) is 37.6 Å². The molecule has 0 spiro atoms. The van der Waals surface area contributed by atoms with Crippen LogP contribution in [0.5, 0.6) is 0 Å². The summed E-state index contributed by atoms with van der Waals surface area (Å²) in [6, 6.07) is 0.732. The third-order valence-electron chi connectivity index (χ3n) is 3.04. The van der Waals surface area contributed by atoms with Gasteiger partial charge in [0.1, 0.15) is 5.01 Å². The van der Waals surface area contributed by atoms with Crippen LogP contribution in [0, 0.1) is 5.92 Å². The zero-order chi connectivity index (χ0) is 9.80. The van der Waals surface area contributed by atoms with Crippen molar-refractivity contribution in [2.45, 2.75) is 45.2 Å². The molecule has 78 valence electrons. The van der Waals surface area contributed by atoms with Crippen molar-refractivity contribution in [3.05, 3.63) is 16.6 Å². The van der Waals surface area contributed by atoms with E-state index in [4.69, 9.17) is 0 Å². The fraction of sp³-hybridized carbons (Fsp3) is 0.727. The van der Waals surface area contributed by atoms with Gasteiger partial charge in [0.15, 0.2) is 0 Å². The van der Waals surface area contributed by atoms with E-state index in [1.165, 1.54) is 30.7 Å². The van der Waals surface area contributed by atoms with E-state index in [0.717, 1.165) is 18.5 Å². The average molecular weight is 210 g/mol. The molecule has 0 aromatic carbocycles. The maximum absolute atomic E-state index is 4.27. The molecule has 1 saturated carbocycles. The number of aromatic nitrogens is 1. The van der Waals surface area contributed by atoms with Gasteiger partial charge in [-0.05, 0) is 31.6 Å². The van der Waals surface area contributed by atoms with Crippen molar-refractivity contribution in [3.63, 3.8) is 0 Å². The summed E-state index contributed by atoms with van der Waals surface area (Å²) in [4.78, 5) is 4.27. The van der Waals surface area contributed by atoms with Crippen LogP contribution in [0.3, 0.4) is 0 Å². The minimum Gasteiger partial charge on any atom is -0.308 e. The molecule has 1 aliphatic rings. The Morgan fingerprint density at radius 2 is 2.21 bits per heavy atom. The number of hydrogen-bond acceptors (Lipinski definition) is 3. The second-order valence-electron chi connectivity index (χ2n) is 4.26. The SMILES string of the molecule is CC1CCC(NCc2nccs2)CC1. The van der Waals surface area contributed by atoms with Gasteiger partial charge in [0.05, 0.1) is 0 Å². The zero-order valence-corrected chi connectivity index (χ0v) is 9.52. The summed E-state index contributed by atoms with van der Waals surface area (Å²) in [5.41, 5.74) is 0. The molecule has 0 radical (unpaired) electrons. The first kappa shape index (κ1) is 10.1. The second-order valence-corrected chi connectivity index (χ2v) is 5.24. The fourth-order valence-electron chi connectivity index (χ4n) is 2.04. The predicted molar refractivity (Wildman–Crippen MR) is 60.4 cm³/mol. The first-order valence-electron chi connectivity index (χ1n) is 5.46. The monoisotopic (exact) mass is 210 g/mol. The van der Waals surface area contributed by atoms with Crippen LogP contribution in [0.15, 0.2) is 11.6 Å². The van der Waals surface area contributed by atoms with Crippen LogP contribution in [0.2, 0.25) is 0 Å². The molecule has 2 nitrogen and oxygen atoms in total. The highest BCUT2D eigenvalue weighted by Gasteiger charge is 2.17. The predicted octanol–water partition coefficient (Wildman–Crippen LogP) is 2.81. The topological polar surface area (TPSA) is 24.9 Å². The summed E-state index contributed by atoms with van der Waals surface area (Å²) in [5.74, 6) is 0.938. The van der Waals surface area contributed by atoms with Crippen molar-refractivity contribution in [2.75, 3.05) is 0 Å². The minimum atomic E-state index is 0.732. The van der Waals surface area contributed by atoms with E-state index in [9.17, 15) is 0 Å². The molecule has 1 aliphatic carbocycles. The summed E-state index contributed by atoms with van der Waals surface area (Å²) in [7, 11) is 0. The molecule has 1 N–H and O–H groups in total. The molecule has 0 aliphatic heterocycles. The number of nitrogens with one attached hydrogen (secondary N) is 1. The molecule has 0 amide bonds. The molecule has 3 heteroatoms. The van der Waals surface area contributed by atoms with Gasteiger partial charge >= 0.3 is 0 Å². The van der Waals surface area contributed by atoms with Gasteiger partial charge in [-0.2, -0.15) is 0 Å². The molecule has 2 rings (SSSR count). The van der Waals surface area contributed by atoms with Gasteiger partial charge in [0.25, 0.3) is 0 Å². The Labute approximate surface area is 89.8 Å². The average Bonchev–Trinajstić information content (AvgIpc) is 2.70.